The van der Waals surface area contributed by atoms with Gasteiger partial charge >= 0.3 is 0 Å². The molecular weight excluding hydrogens is 306 g/mol. The van der Waals surface area contributed by atoms with Crippen LogP contribution in [0.25, 0.3) is 11.4 Å². The number of aromatic nitrogens is 4. The van der Waals surface area contributed by atoms with Crippen molar-refractivity contribution in [2.24, 2.45) is 0 Å². The number of thioether (sulfide) groups is 1. The first-order chi connectivity index (χ1) is 10.3. The first kappa shape index (κ1) is 14.0. The summed E-state index contributed by atoms with van der Waals surface area (Å²) in [6.07, 6.45) is 1.68. The minimum absolute atomic E-state index is 0.502. The molecule has 21 heavy (non-hydrogen) atoms. The van der Waals surface area contributed by atoms with Crippen molar-refractivity contribution in [3.63, 3.8) is 0 Å². The normalized spacial score (nSPS) is 10.9. The molecule has 2 aromatic heterocycles. The monoisotopic (exact) mass is 319 g/mol. The van der Waals surface area contributed by atoms with Gasteiger partial charge in [0, 0.05) is 17.7 Å². The Kier molecular flexibility index (Phi) is 4.46. The third-order valence-corrected chi connectivity index (χ3v) is 4.65. The molecule has 8 heteroatoms. The minimum Gasteiger partial charge on any atom is -0.374 e. The summed E-state index contributed by atoms with van der Waals surface area (Å²) in [6, 6.07) is 9.79. The summed E-state index contributed by atoms with van der Waals surface area (Å²) in [7, 11) is 0. The van der Waals surface area contributed by atoms with Gasteiger partial charge in [-0.25, -0.2) is 0 Å². The second-order valence-corrected chi connectivity index (χ2v) is 6.59. The highest BCUT2D eigenvalue weighted by Crippen LogP contribution is 2.24. The molecule has 108 valence electrons. The SMILES string of the molecule is Nc1nnc(SCCCc2nc(-c3ccccc3)no2)s1. The van der Waals surface area contributed by atoms with Gasteiger partial charge in [0.05, 0.1) is 0 Å². The van der Waals surface area contributed by atoms with Gasteiger partial charge < -0.3 is 10.3 Å². The Bertz CT molecular complexity index is 697. The average molecular weight is 319 g/mol. The molecule has 3 rings (SSSR count). The lowest BCUT2D eigenvalue weighted by molar-refractivity contribution is 0.378. The van der Waals surface area contributed by atoms with Crippen LogP contribution in [-0.2, 0) is 6.42 Å². The summed E-state index contributed by atoms with van der Waals surface area (Å²) in [5.41, 5.74) is 6.49. The van der Waals surface area contributed by atoms with Crippen LogP contribution in [0.1, 0.15) is 12.3 Å². The number of nitrogen functional groups attached to an aromatic ring is 1. The third kappa shape index (κ3) is 3.79. The van der Waals surface area contributed by atoms with Crippen molar-refractivity contribution < 1.29 is 4.52 Å². The third-order valence-electron chi connectivity index (χ3n) is 2.68. The maximum Gasteiger partial charge on any atom is 0.226 e. The van der Waals surface area contributed by atoms with Crippen LogP contribution in [0.2, 0.25) is 0 Å². The quantitative estimate of drug-likeness (QED) is 0.551. The number of anilines is 1. The molecule has 6 nitrogen and oxygen atoms in total. The van der Waals surface area contributed by atoms with Crippen LogP contribution in [0, 0.1) is 0 Å². The maximum atomic E-state index is 5.53. The molecule has 0 aliphatic carbocycles. The van der Waals surface area contributed by atoms with Gasteiger partial charge in [0.15, 0.2) is 4.34 Å². The second kappa shape index (κ2) is 6.68. The van der Waals surface area contributed by atoms with Crippen molar-refractivity contribution in [2.45, 2.75) is 17.2 Å². The van der Waals surface area contributed by atoms with E-state index in [0.717, 1.165) is 28.5 Å². The van der Waals surface area contributed by atoms with Crippen molar-refractivity contribution in [2.75, 3.05) is 11.5 Å². The van der Waals surface area contributed by atoms with E-state index in [1.54, 1.807) is 11.8 Å². The highest BCUT2D eigenvalue weighted by molar-refractivity contribution is 8.01. The second-order valence-electron chi connectivity index (χ2n) is 4.24. The molecular formula is C13H13N5OS2. The van der Waals surface area contributed by atoms with Gasteiger partial charge in [-0.05, 0) is 6.42 Å². The lowest BCUT2D eigenvalue weighted by Gasteiger charge is -1.94. The number of hydrogen-bond acceptors (Lipinski definition) is 8. The number of nitrogens with two attached hydrogens (primary N) is 1. The van der Waals surface area contributed by atoms with E-state index in [1.807, 2.05) is 30.3 Å². The van der Waals surface area contributed by atoms with Crippen molar-refractivity contribution in [1.29, 1.82) is 0 Å². The molecule has 0 fully saturated rings. The van der Waals surface area contributed by atoms with Crippen molar-refractivity contribution in [3.05, 3.63) is 36.2 Å². The zero-order chi connectivity index (χ0) is 14.5. The molecule has 2 N–H and O–H groups in total. The van der Waals surface area contributed by atoms with Crippen LogP contribution in [-0.4, -0.2) is 26.1 Å². The molecule has 0 aliphatic heterocycles. The lowest BCUT2D eigenvalue weighted by atomic mass is 10.2. The van der Waals surface area contributed by atoms with E-state index in [0.29, 0.717) is 16.8 Å². The van der Waals surface area contributed by atoms with Crippen molar-refractivity contribution in [3.8, 4) is 11.4 Å². The van der Waals surface area contributed by atoms with Crippen molar-refractivity contribution >= 4 is 28.2 Å². The molecule has 0 radical (unpaired) electrons. The number of nitrogens with zero attached hydrogens (tertiary/aromatic N) is 4. The van der Waals surface area contributed by atoms with Crippen LogP contribution in [0.5, 0.6) is 0 Å². The van der Waals surface area contributed by atoms with E-state index in [4.69, 9.17) is 10.3 Å². The Hall–Kier alpha value is -1.93. The van der Waals surface area contributed by atoms with E-state index >= 15 is 0 Å². The predicted octanol–water partition coefficient (Wildman–Crippen LogP) is 2.90. The van der Waals surface area contributed by atoms with Gasteiger partial charge in [0.1, 0.15) is 0 Å². The Labute approximate surface area is 129 Å². The van der Waals surface area contributed by atoms with Gasteiger partial charge in [-0.15, -0.1) is 10.2 Å². The molecule has 1 aromatic carbocycles. The lowest BCUT2D eigenvalue weighted by Crippen LogP contribution is -1.88. The maximum absolute atomic E-state index is 5.53. The molecule has 3 aromatic rings. The molecule has 0 saturated carbocycles. The van der Waals surface area contributed by atoms with Crippen LogP contribution >= 0.6 is 23.1 Å². The summed E-state index contributed by atoms with van der Waals surface area (Å²) < 4.78 is 6.15. The van der Waals surface area contributed by atoms with E-state index in [-0.39, 0.29) is 0 Å². The fourth-order valence-electron chi connectivity index (χ4n) is 1.72. The first-order valence-corrected chi connectivity index (χ1v) is 8.21. The molecule has 0 unspecified atom stereocenters. The van der Waals surface area contributed by atoms with Crippen LogP contribution in [0.3, 0.4) is 0 Å². The molecule has 2 heterocycles. The molecule has 0 spiro atoms. The molecule has 0 amide bonds. The summed E-state index contributed by atoms with van der Waals surface area (Å²) in [4.78, 5) is 4.40. The summed E-state index contributed by atoms with van der Waals surface area (Å²) >= 11 is 3.04. The number of aryl methyl sites for hydroxylation is 1. The van der Waals surface area contributed by atoms with Crippen molar-refractivity contribution in [1.82, 2.24) is 20.3 Å². The number of benzene rings is 1. The Morgan fingerprint density at radius 1 is 1.19 bits per heavy atom. The highest BCUT2D eigenvalue weighted by atomic mass is 32.2. The Balaban J connectivity index is 1.49. The zero-order valence-corrected chi connectivity index (χ0v) is 12.7. The minimum atomic E-state index is 0.502. The summed E-state index contributed by atoms with van der Waals surface area (Å²) in [5, 5.41) is 12.2. The van der Waals surface area contributed by atoms with Gasteiger partial charge in [-0.2, -0.15) is 4.98 Å². The standard InChI is InChI=1S/C13H13N5OS2/c14-12-16-17-13(21-12)20-8-4-7-10-15-11(18-19-10)9-5-2-1-3-6-9/h1-3,5-6H,4,7-8H2,(H2,14,16). The number of hydrogen-bond donors (Lipinski definition) is 1. The van der Waals surface area contributed by atoms with Gasteiger partial charge in [-0.3, -0.25) is 0 Å². The van der Waals surface area contributed by atoms with E-state index < -0.39 is 0 Å². The zero-order valence-electron chi connectivity index (χ0n) is 11.1. The Morgan fingerprint density at radius 2 is 2.05 bits per heavy atom. The fourth-order valence-corrected chi connectivity index (χ4v) is 3.37. The van der Waals surface area contributed by atoms with E-state index in [2.05, 4.69) is 20.3 Å². The van der Waals surface area contributed by atoms with Crippen LogP contribution in [0.15, 0.2) is 39.2 Å². The van der Waals surface area contributed by atoms with Gasteiger partial charge in [0.25, 0.3) is 0 Å². The van der Waals surface area contributed by atoms with E-state index in [9.17, 15) is 0 Å². The molecule has 0 bridgehead atoms. The predicted molar refractivity (Wildman–Crippen MR) is 83.1 cm³/mol. The molecule has 0 atom stereocenters. The van der Waals surface area contributed by atoms with Crippen LogP contribution < -0.4 is 5.73 Å². The number of rotatable bonds is 6. The van der Waals surface area contributed by atoms with Gasteiger partial charge in [0.2, 0.25) is 16.8 Å². The fraction of sp³-hybridized carbons (Fsp3) is 0.231. The summed E-state index contributed by atoms with van der Waals surface area (Å²) in [6.45, 7) is 0. The van der Waals surface area contributed by atoms with Gasteiger partial charge in [-0.1, -0.05) is 58.6 Å². The first-order valence-electron chi connectivity index (χ1n) is 6.41. The largest absolute Gasteiger partial charge is 0.374 e. The summed E-state index contributed by atoms with van der Waals surface area (Å²) in [5.74, 6) is 2.21. The smallest absolute Gasteiger partial charge is 0.226 e. The Morgan fingerprint density at radius 3 is 2.81 bits per heavy atom. The van der Waals surface area contributed by atoms with E-state index in [1.165, 1.54) is 11.3 Å². The molecule has 0 saturated heterocycles. The van der Waals surface area contributed by atoms with Crippen LogP contribution in [0.4, 0.5) is 5.13 Å². The topological polar surface area (TPSA) is 90.7 Å². The highest BCUT2D eigenvalue weighted by Gasteiger charge is 2.08. The average Bonchev–Trinajstić information content (AvgIpc) is 3.14. The molecule has 0 aliphatic rings.